The molecule has 0 saturated carbocycles. The fourth-order valence-electron chi connectivity index (χ4n) is 4.20. The number of aromatic nitrogens is 2. The number of piperidine rings is 1. The van der Waals surface area contributed by atoms with Crippen LogP contribution in [0.15, 0.2) is 42.5 Å². The van der Waals surface area contributed by atoms with Gasteiger partial charge in [0.25, 0.3) is 0 Å². The lowest BCUT2D eigenvalue weighted by molar-refractivity contribution is -0.132. The van der Waals surface area contributed by atoms with Crippen molar-refractivity contribution in [1.29, 1.82) is 0 Å². The van der Waals surface area contributed by atoms with E-state index in [1.54, 1.807) is 25.3 Å². The van der Waals surface area contributed by atoms with Crippen LogP contribution in [0, 0.1) is 0 Å². The number of likely N-dealkylation sites (tertiary alicyclic amines) is 1. The molecule has 162 valence electrons. The van der Waals surface area contributed by atoms with Gasteiger partial charge in [0.1, 0.15) is 5.75 Å². The number of methoxy groups -OCH3 is 2. The average molecular weight is 422 g/mol. The highest BCUT2D eigenvalue weighted by molar-refractivity contribution is 5.94. The molecule has 1 amide bonds. The van der Waals surface area contributed by atoms with Gasteiger partial charge >= 0.3 is 5.97 Å². The Balaban J connectivity index is 1.56. The second-order valence-corrected chi connectivity index (χ2v) is 7.70. The first kappa shape index (κ1) is 20.7. The maximum absolute atomic E-state index is 13.0. The first-order valence-corrected chi connectivity index (χ1v) is 10.3. The molecule has 8 heteroatoms. The van der Waals surface area contributed by atoms with E-state index in [4.69, 9.17) is 15.2 Å². The third kappa shape index (κ3) is 4.19. The summed E-state index contributed by atoms with van der Waals surface area (Å²) in [6, 6.07) is 12.7. The highest BCUT2D eigenvalue weighted by Crippen LogP contribution is 2.30. The summed E-state index contributed by atoms with van der Waals surface area (Å²) in [6.45, 7) is 1.25. The molecule has 0 aliphatic carbocycles. The van der Waals surface area contributed by atoms with Gasteiger partial charge < -0.3 is 24.7 Å². The van der Waals surface area contributed by atoms with E-state index in [1.165, 1.54) is 7.11 Å². The van der Waals surface area contributed by atoms with Crippen molar-refractivity contribution >= 4 is 28.9 Å². The van der Waals surface area contributed by atoms with Gasteiger partial charge in [-0.1, -0.05) is 12.1 Å². The zero-order valence-corrected chi connectivity index (χ0v) is 17.7. The molecule has 1 atom stereocenters. The van der Waals surface area contributed by atoms with Gasteiger partial charge in [-0.25, -0.2) is 9.78 Å². The summed E-state index contributed by atoms with van der Waals surface area (Å²) in [5.74, 6) is 0.771. The summed E-state index contributed by atoms with van der Waals surface area (Å²) >= 11 is 0. The second-order valence-electron chi connectivity index (χ2n) is 7.70. The Morgan fingerprint density at radius 2 is 2.03 bits per heavy atom. The predicted octanol–water partition coefficient (Wildman–Crippen LogP) is 2.82. The molecular weight excluding hydrogens is 396 g/mol. The molecule has 3 aromatic rings. The number of rotatable bonds is 5. The molecule has 1 aliphatic heterocycles. The Kier molecular flexibility index (Phi) is 5.79. The van der Waals surface area contributed by atoms with Crippen molar-refractivity contribution in [3.63, 3.8) is 0 Å². The summed E-state index contributed by atoms with van der Waals surface area (Å²) in [5.41, 5.74) is 9.08. The van der Waals surface area contributed by atoms with Crippen LogP contribution in [-0.4, -0.2) is 53.6 Å². The number of ether oxygens (including phenoxy) is 2. The summed E-state index contributed by atoms with van der Waals surface area (Å²) in [7, 11) is 2.97. The summed E-state index contributed by atoms with van der Waals surface area (Å²) < 4.78 is 12.0. The minimum atomic E-state index is -0.410. The van der Waals surface area contributed by atoms with Gasteiger partial charge in [0.15, 0.2) is 0 Å². The largest absolute Gasteiger partial charge is 0.497 e. The molecule has 1 aromatic heterocycles. The number of nitrogens with zero attached hydrogens (tertiary/aromatic N) is 3. The number of imidazole rings is 1. The van der Waals surface area contributed by atoms with Crippen molar-refractivity contribution in [1.82, 2.24) is 14.5 Å². The number of anilines is 1. The number of amides is 1. The highest BCUT2D eigenvalue weighted by Gasteiger charge is 2.27. The first-order chi connectivity index (χ1) is 15.0. The number of fused-ring (bicyclic) bond motifs is 1. The lowest BCUT2D eigenvalue weighted by atomic mass is 10.0. The Morgan fingerprint density at radius 3 is 2.81 bits per heavy atom. The van der Waals surface area contributed by atoms with Gasteiger partial charge in [-0.3, -0.25) is 4.79 Å². The van der Waals surface area contributed by atoms with Gasteiger partial charge in [0.05, 0.1) is 43.3 Å². The Bertz CT molecular complexity index is 1120. The lowest BCUT2D eigenvalue weighted by Gasteiger charge is -2.34. The van der Waals surface area contributed by atoms with Crippen LogP contribution >= 0.6 is 0 Å². The van der Waals surface area contributed by atoms with E-state index < -0.39 is 5.97 Å². The Labute approximate surface area is 180 Å². The lowest BCUT2D eigenvalue weighted by Crippen LogP contribution is -2.41. The van der Waals surface area contributed by atoms with E-state index in [1.807, 2.05) is 33.7 Å². The SMILES string of the molecule is COC(=O)c1ccc2nc(N)n(C3CCCN(C(=O)Cc4cccc(OC)c4)C3)c2c1. The highest BCUT2D eigenvalue weighted by atomic mass is 16.5. The van der Waals surface area contributed by atoms with E-state index in [9.17, 15) is 9.59 Å². The molecule has 0 bridgehead atoms. The molecule has 1 aliphatic rings. The zero-order chi connectivity index (χ0) is 22.0. The molecule has 31 heavy (non-hydrogen) atoms. The van der Waals surface area contributed by atoms with Gasteiger partial charge in [-0.2, -0.15) is 0 Å². The number of esters is 1. The Hall–Kier alpha value is -3.55. The number of hydrogen-bond acceptors (Lipinski definition) is 6. The summed E-state index contributed by atoms with van der Waals surface area (Å²) in [4.78, 5) is 31.3. The number of carbonyl (C=O) groups excluding carboxylic acids is 2. The number of hydrogen-bond donors (Lipinski definition) is 1. The Morgan fingerprint density at radius 1 is 1.19 bits per heavy atom. The molecule has 1 saturated heterocycles. The van der Waals surface area contributed by atoms with Gasteiger partial charge in [0.2, 0.25) is 11.9 Å². The molecule has 1 unspecified atom stereocenters. The number of nitrogen functional groups attached to an aromatic ring is 1. The van der Waals surface area contributed by atoms with Gasteiger partial charge in [-0.15, -0.1) is 0 Å². The van der Waals surface area contributed by atoms with E-state index >= 15 is 0 Å². The topological polar surface area (TPSA) is 99.7 Å². The standard InChI is InChI=1S/C23H26N4O4/c1-30-18-7-3-5-15(11-18)12-21(28)26-10-4-6-17(14-26)27-20-13-16(22(29)31-2)8-9-19(20)25-23(27)24/h3,5,7-9,11,13,17H,4,6,10,12,14H2,1-2H3,(H2,24,25). The van der Waals surface area contributed by atoms with Crippen molar-refractivity contribution in [2.75, 3.05) is 33.0 Å². The molecule has 2 N–H and O–H groups in total. The second kappa shape index (κ2) is 8.67. The average Bonchev–Trinajstić information content (AvgIpc) is 3.13. The van der Waals surface area contributed by atoms with Crippen molar-refractivity contribution in [2.45, 2.75) is 25.3 Å². The van der Waals surface area contributed by atoms with E-state index in [-0.39, 0.29) is 11.9 Å². The molecule has 2 aromatic carbocycles. The molecule has 1 fully saturated rings. The maximum Gasteiger partial charge on any atom is 0.337 e. The van der Waals surface area contributed by atoms with Crippen LogP contribution in [0.25, 0.3) is 11.0 Å². The van der Waals surface area contributed by atoms with Crippen LogP contribution in [-0.2, 0) is 16.0 Å². The van der Waals surface area contributed by atoms with Crippen LogP contribution < -0.4 is 10.5 Å². The number of benzene rings is 2. The minimum Gasteiger partial charge on any atom is -0.497 e. The normalized spacial score (nSPS) is 16.3. The van der Waals surface area contributed by atoms with Crippen LogP contribution in [0.2, 0.25) is 0 Å². The van der Waals surface area contributed by atoms with E-state index in [2.05, 4.69) is 4.98 Å². The fourth-order valence-corrected chi connectivity index (χ4v) is 4.20. The molecule has 0 radical (unpaired) electrons. The van der Waals surface area contributed by atoms with E-state index in [0.29, 0.717) is 36.5 Å². The quantitative estimate of drug-likeness (QED) is 0.635. The maximum atomic E-state index is 13.0. The van der Waals surface area contributed by atoms with Crippen molar-refractivity contribution < 1.29 is 19.1 Å². The van der Waals surface area contributed by atoms with Crippen molar-refractivity contribution in [3.8, 4) is 5.75 Å². The first-order valence-electron chi connectivity index (χ1n) is 10.3. The minimum absolute atomic E-state index is 0.0130. The van der Waals surface area contributed by atoms with Crippen LogP contribution in [0.1, 0.15) is 34.8 Å². The predicted molar refractivity (Wildman–Crippen MR) is 117 cm³/mol. The molecular formula is C23H26N4O4. The third-order valence-corrected chi connectivity index (χ3v) is 5.74. The third-order valence-electron chi connectivity index (χ3n) is 5.74. The van der Waals surface area contributed by atoms with E-state index in [0.717, 1.165) is 29.7 Å². The molecule has 8 nitrogen and oxygen atoms in total. The van der Waals surface area contributed by atoms with Crippen LogP contribution in [0.3, 0.4) is 0 Å². The molecule has 4 rings (SSSR count). The summed E-state index contributed by atoms with van der Waals surface area (Å²) in [6.07, 6.45) is 2.06. The zero-order valence-electron chi connectivity index (χ0n) is 17.7. The monoisotopic (exact) mass is 422 g/mol. The smallest absolute Gasteiger partial charge is 0.337 e. The van der Waals surface area contributed by atoms with Gasteiger partial charge in [-0.05, 0) is 48.7 Å². The fraction of sp³-hybridized carbons (Fsp3) is 0.348. The molecule has 2 heterocycles. The van der Waals surface area contributed by atoms with Crippen LogP contribution in [0.4, 0.5) is 5.95 Å². The van der Waals surface area contributed by atoms with Crippen LogP contribution in [0.5, 0.6) is 5.75 Å². The van der Waals surface area contributed by atoms with Crippen molar-refractivity contribution in [2.24, 2.45) is 0 Å². The van der Waals surface area contributed by atoms with Gasteiger partial charge in [0, 0.05) is 13.1 Å². The number of carbonyl (C=O) groups is 2. The summed E-state index contributed by atoms with van der Waals surface area (Å²) in [5, 5.41) is 0. The number of nitrogens with two attached hydrogens (primary N) is 1. The van der Waals surface area contributed by atoms with Crippen molar-refractivity contribution in [3.05, 3.63) is 53.6 Å². The molecule has 0 spiro atoms.